The first-order valence-electron chi connectivity index (χ1n) is 3.68. The number of nitrogens with zero attached hydrogens (tertiary/aromatic N) is 2. The summed E-state index contributed by atoms with van der Waals surface area (Å²) >= 11 is 0. The maximum Gasteiger partial charge on any atom is 0.282 e. The third-order valence-corrected chi connectivity index (χ3v) is 1.92. The van der Waals surface area contributed by atoms with E-state index in [4.69, 9.17) is 4.74 Å². The van der Waals surface area contributed by atoms with Crippen LogP contribution in [0.1, 0.15) is 17.7 Å². The molecule has 0 spiro atoms. The van der Waals surface area contributed by atoms with E-state index < -0.39 is 6.43 Å². The molecule has 5 heteroatoms. The molecule has 0 fully saturated rings. The molecule has 2 rings (SSSR count). The molecule has 1 aliphatic rings. The second-order valence-corrected chi connectivity index (χ2v) is 2.69. The Labute approximate surface area is 67.9 Å². The number of rotatable bonds is 1. The molecule has 0 N–H and O–H groups in total. The second kappa shape index (κ2) is 2.43. The molecule has 0 radical (unpaired) electrons. The molecule has 1 aliphatic heterocycles. The van der Waals surface area contributed by atoms with Crippen LogP contribution in [0.5, 0.6) is 5.88 Å². The van der Waals surface area contributed by atoms with Gasteiger partial charge < -0.3 is 4.74 Å². The maximum atomic E-state index is 12.3. The lowest BCUT2D eigenvalue weighted by Gasteiger charge is -1.96. The molecule has 1 aromatic rings. The van der Waals surface area contributed by atoms with Gasteiger partial charge in [-0.15, -0.1) is 0 Å². The van der Waals surface area contributed by atoms with Gasteiger partial charge in [-0.2, -0.15) is 5.10 Å². The van der Waals surface area contributed by atoms with Crippen molar-refractivity contribution in [3.8, 4) is 5.88 Å². The van der Waals surface area contributed by atoms with Crippen LogP contribution in [-0.2, 0) is 6.54 Å². The SMILES string of the molecule is Cc1c(C(F)F)nn2c1OCC2. The number of ether oxygens (including phenoxy) is 1. The average Bonchev–Trinajstić information content (AvgIpc) is 2.53. The third kappa shape index (κ3) is 0.888. The van der Waals surface area contributed by atoms with Crippen LogP contribution in [0, 0.1) is 6.92 Å². The number of alkyl halides is 2. The van der Waals surface area contributed by atoms with Crippen molar-refractivity contribution in [3.63, 3.8) is 0 Å². The molecule has 2 heterocycles. The first kappa shape index (κ1) is 7.52. The summed E-state index contributed by atoms with van der Waals surface area (Å²) in [4.78, 5) is 0. The molecule has 0 saturated carbocycles. The molecular weight excluding hydrogens is 166 g/mol. The number of hydrogen-bond donors (Lipinski definition) is 0. The van der Waals surface area contributed by atoms with Crippen LogP contribution < -0.4 is 4.74 Å². The van der Waals surface area contributed by atoms with Crippen molar-refractivity contribution < 1.29 is 13.5 Å². The van der Waals surface area contributed by atoms with E-state index in [0.29, 0.717) is 24.6 Å². The Morgan fingerprint density at radius 3 is 2.92 bits per heavy atom. The zero-order valence-electron chi connectivity index (χ0n) is 6.55. The molecule has 3 nitrogen and oxygen atoms in total. The maximum absolute atomic E-state index is 12.3. The van der Waals surface area contributed by atoms with Gasteiger partial charge in [0.2, 0.25) is 5.88 Å². The van der Waals surface area contributed by atoms with Crippen molar-refractivity contribution in [2.24, 2.45) is 0 Å². The van der Waals surface area contributed by atoms with E-state index >= 15 is 0 Å². The number of fused-ring (bicyclic) bond motifs is 1. The minimum atomic E-state index is -2.51. The van der Waals surface area contributed by atoms with Crippen LogP contribution in [0.25, 0.3) is 0 Å². The van der Waals surface area contributed by atoms with E-state index in [1.807, 2.05) is 0 Å². The fourth-order valence-electron chi connectivity index (χ4n) is 1.32. The summed E-state index contributed by atoms with van der Waals surface area (Å²) in [5.41, 5.74) is 0.298. The van der Waals surface area contributed by atoms with Gasteiger partial charge in [-0.25, -0.2) is 13.5 Å². The van der Waals surface area contributed by atoms with Crippen molar-refractivity contribution >= 4 is 0 Å². The predicted octanol–water partition coefficient (Wildman–Crippen LogP) is 1.52. The molecule has 0 amide bonds. The predicted molar refractivity (Wildman–Crippen MR) is 37.4 cm³/mol. The van der Waals surface area contributed by atoms with Gasteiger partial charge >= 0.3 is 0 Å². The molecule has 0 aromatic carbocycles. The Hall–Kier alpha value is -1.13. The highest BCUT2D eigenvalue weighted by molar-refractivity contribution is 5.32. The molecular formula is C7H8F2N2O. The van der Waals surface area contributed by atoms with Crippen LogP contribution in [0.4, 0.5) is 8.78 Å². The van der Waals surface area contributed by atoms with E-state index in [-0.39, 0.29) is 5.69 Å². The summed E-state index contributed by atoms with van der Waals surface area (Å²) in [7, 11) is 0. The highest BCUT2D eigenvalue weighted by Gasteiger charge is 2.24. The number of hydrogen-bond acceptors (Lipinski definition) is 2. The van der Waals surface area contributed by atoms with Gasteiger partial charge in [-0.05, 0) is 6.92 Å². The molecule has 0 saturated heterocycles. The lowest BCUT2D eigenvalue weighted by Crippen LogP contribution is -1.98. The third-order valence-electron chi connectivity index (χ3n) is 1.92. The molecule has 0 unspecified atom stereocenters. The van der Waals surface area contributed by atoms with Crippen LogP contribution in [0.2, 0.25) is 0 Å². The van der Waals surface area contributed by atoms with Crippen LogP contribution >= 0.6 is 0 Å². The van der Waals surface area contributed by atoms with Crippen molar-refractivity contribution in [2.75, 3.05) is 6.61 Å². The Kier molecular flexibility index (Phi) is 1.52. The average molecular weight is 174 g/mol. The summed E-state index contributed by atoms with van der Waals surface area (Å²) in [6, 6.07) is 0. The van der Waals surface area contributed by atoms with Gasteiger partial charge in [0.15, 0.2) is 0 Å². The van der Waals surface area contributed by atoms with Crippen molar-refractivity contribution in [1.29, 1.82) is 0 Å². The Bertz CT molecular complexity index is 309. The highest BCUT2D eigenvalue weighted by atomic mass is 19.3. The lowest BCUT2D eigenvalue weighted by molar-refractivity contribution is 0.144. The normalized spacial score (nSPS) is 15.0. The van der Waals surface area contributed by atoms with Crippen molar-refractivity contribution in [3.05, 3.63) is 11.3 Å². The first-order chi connectivity index (χ1) is 5.70. The minimum Gasteiger partial charge on any atom is -0.476 e. The quantitative estimate of drug-likeness (QED) is 0.645. The van der Waals surface area contributed by atoms with Gasteiger partial charge in [0.25, 0.3) is 6.43 Å². The van der Waals surface area contributed by atoms with Crippen LogP contribution in [-0.4, -0.2) is 16.4 Å². The molecule has 1 aromatic heterocycles. The monoisotopic (exact) mass is 174 g/mol. The second-order valence-electron chi connectivity index (χ2n) is 2.69. The summed E-state index contributed by atoms with van der Waals surface area (Å²) in [6.45, 7) is 2.71. The van der Waals surface area contributed by atoms with Crippen LogP contribution in [0.15, 0.2) is 0 Å². The molecule has 66 valence electrons. The largest absolute Gasteiger partial charge is 0.476 e. The van der Waals surface area contributed by atoms with E-state index in [9.17, 15) is 8.78 Å². The zero-order chi connectivity index (χ0) is 8.72. The molecule has 0 aliphatic carbocycles. The topological polar surface area (TPSA) is 27.1 Å². The van der Waals surface area contributed by atoms with E-state index in [1.165, 1.54) is 4.68 Å². The van der Waals surface area contributed by atoms with Crippen molar-refractivity contribution in [1.82, 2.24) is 9.78 Å². The van der Waals surface area contributed by atoms with Gasteiger partial charge in [0.1, 0.15) is 12.3 Å². The van der Waals surface area contributed by atoms with Gasteiger partial charge in [0, 0.05) is 5.56 Å². The van der Waals surface area contributed by atoms with Gasteiger partial charge in [0.05, 0.1) is 6.54 Å². The first-order valence-corrected chi connectivity index (χ1v) is 3.68. The summed E-state index contributed by atoms with van der Waals surface area (Å²) < 4.78 is 31.1. The molecule has 0 atom stereocenters. The summed E-state index contributed by atoms with van der Waals surface area (Å²) in [5, 5.41) is 3.73. The standard InChI is InChI=1S/C7H8F2N2O/c1-4-5(6(8)9)10-11-2-3-12-7(4)11/h6H,2-3H2,1H3. The molecule has 0 bridgehead atoms. The Morgan fingerprint density at radius 2 is 2.33 bits per heavy atom. The molecule has 12 heavy (non-hydrogen) atoms. The van der Waals surface area contributed by atoms with E-state index in [0.717, 1.165) is 0 Å². The number of halogens is 2. The van der Waals surface area contributed by atoms with Gasteiger partial charge in [-0.3, -0.25) is 0 Å². The minimum absolute atomic E-state index is 0.162. The number of aromatic nitrogens is 2. The van der Waals surface area contributed by atoms with Crippen molar-refractivity contribution in [2.45, 2.75) is 19.9 Å². The van der Waals surface area contributed by atoms with Crippen LogP contribution in [0.3, 0.4) is 0 Å². The summed E-state index contributed by atoms with van der Waals surface area (Å²) in [5.74, 6) is 0.491. The Morgan fingerprint density at radius 1 is 1.58 bits per heavy atom. The Balaban J connectivity index is 2.47. The van der Waals surface area contributed by atoms with E-state index in [1.54, 1.807) is 6.92 Å². The smallest absolute Gasteiger partial charge is 0.282 e. The zero-order valence-corrected chi connectivity index (χ0v) is 6.55. The van der Waals surface area contributed by atoms with E-state index in [2.05, 4.69) is 5.10 Å². The summed E-state index contributed by atoms with van der Waals surface area (Å²) in [6.07, 6.45) is -2.51. The highest BCUT2D eigenvalue weighted by Crippen LogP contribution is 2.30. The fraction of sp³-hybridized carbons (Fsp3) is 0.571. The van der Waals surface area contributed by atoms with Gasteiger partial charge in [-0.1, -0.05) is 0 Å². The lowest BCUT2D eigenvalue weighted by atomic mass is 10.3. The fourth-order valence-corrected chi connectivity index (χ4v) is 1.32.